The van der Waals surface area contributed by atoms with Gasteiger partial charge in [0.15, 0.2) is 5.75 Å². The Hall–Kier alpha value is -2.12. The second kappa shape index (κ2) is 7.05. The normalized spacial score (nSPS) is 11.9. The third-order valence-corrected chi connectivity index (χ3v) is 3.59. The number of ether oxygens (including phenoxy) is 1. The predicted octanol–water partition coefficient (Wildman–Crippen LogP) is 3.20. The molecule has 2 N–H and O–H groups in total. The van der Waals surface area contributed by atoms with Gasteiger partial charge in [-0.1, -0.05) is 0 Å². The highest BCUT2D eigenvalue weighted by Gasteiger charge is 2.16. The summed E-state index contributed by atoms with van der Waals surface area (Å²) in [6.45, 7) is 2.44. The molecule has 0 radical (unpaired) electrons. The van der Waals surface area contributed by atoms with Gasteiger partial charge in [0.05, 0.1) is 17.6 Å². The molecule has 0 aliphatic rings. The lowest BCUT2D eigenvalue weighted by atomic mass is 10.2. The zero-order chi connectivity index (χ0) is 15.2. The van der Waals surface area contributed by atoms with Crippen molar-refractivity contribution in [3.05, 3.63) is 50.7 Å². The maximum Gasteiger partial charge on any atom is 0.311 e. The molecule has 0 saturated carbocycles. The highest BCUT2D eigenvalue weighted by Crippen LogP contribution is 2.30. The minimum Gasteiger partial charge on any atom is -0.487 e. The van der Waals surface area contributed by atoms with Crippen molar-refractivity contribution in [2.45, 2.75) is 13.0 Å². The van der Waals surface area contributed by atoms with Crippen LogP contribution in [0, 0.1) is 10.1 Å². The van der Waals surface area contributed by atoms with E-state index in [9.17, 15) is 15.2 Å². The molecule has 6 nitrogen and oxygen atoms in total. The second-order valence-electron chi connectivity index (χ2n) is 4.33. The van der Waals surface area contributed by atoms with Crippen LogP contribution < -0.4 is 10.1 Å². The first-order valence-corrected chi connectivity index (χ1v) is 7.41. The molecule has 112 valence electrons. The number of nitrogens with zero attached hydrogens (tertiary/aromatic N) is 1. The number of nitro benzene ring substituents is 1. The lowest BCUT2D eigenvalue weighted by Crippen LogP contribution is -2.11. The molecule has 0 spiro atoms. The number of hydrogen-bond donors (Lipinski definition) is 2. The van der Waals surface area contributed by atoms with Crippen LogP contribution in [0.2, 0.25) is 0 Å². The SMILES string of the molecule is CCOc1cc(NCC(O)c2ccsc2)ccc1[N+](=O)[O-]. The minimum atomic E-state index is -0.623. The van der Waals surface area contributed by atoms with Gasteiger partial charge in [-0.25, -0.2) is 0 Å². The number of rotatable bonds is 7. The van der Waals surface area contributed by atoms with Crippen LogP contribution in [-0.2, 0) is 0 Å². The number of nitro groups is 1. The first kappa shape index (κ1) is 15.3. The summed E-state index contributed by atoms with van der Waals surface area (Å²) in [5.74, 6) is 0.220. The molecule has 0 aliphatic heterocycles. The topological polar surface area (TPSA) is 84.6 Å². The summed E-state index contributed by atoms with van der Waals surface area (Å²) in [5.41, 5.74) is 1.44. The molecule has 1 atom stereocenters. The fourth-order valence-electron chi connectivity index (χ4n) is 1.84. The molecule has 21 heavy (non-hydrogen) atoms. The Labute approximate surface area is 126 Å². The second-order valence-corrected chi connectivity index (χ2v) is 5.11. The van der Waals surface area contributed by atoms with Crippen molar-refractivity contribution in [2.24, 2.45) is 0 Å². The molecule has 1 aromatic heterocycles. The predicted molar refractivity (Wildman–Crippen MR) is 82.0 cm³/mol. The summed E-state index contributed by atoms with van der Waals surface area (Å²) >= 11 is 1.52. The van der Waals surface area contributed by atoms with Crippen molar-refractivity contribution < 1.29 is 14.8 Å². The van der Waals surface area contributed by atoms with Crippen molar-refractivity contribution in [3.63, 3.8) is 0 Å². The largest absolute Gasteiger partial charge is 0.487 e. The van der Waals surface area contributed by atoms with E-state index in [1.54, 1.807) is 19.1 Å². The monoisotopic (exact) mass is 308 g/mol. The third kappa shape index (κ3) is 3.93. The molecule has 1 aromatic carbocycles. The summed E-state index contributed by atoms with van der Waals surface area (Å²) in [4.78, 5) is 10.4. The lowest BCUT2D eigenvalue weighted by molar-refractivity contribution is -0.385. The minimum absolute atomic E-state index is 0.0687. The van der Waals surface area contributed by atoms with Gasteiger partial charge in [-0.2, -0.15) is 11.3 Å². The van der Waals surface area contributed by atoms with E-state index in [0.29, 0.717) is 18.8 Å². The Kier molecular flexibility index (Phi) is 5.13. The highest BCUT2D eigenvalue weighted by atomic mass is 32.1. The molecule has 0 amide bonds. The van der Waals surface area contributed by atoms with Gasteiger partial charge >= 0.3 is 5.69 Å². The number of aliphatic hydroxyl groups is 1. The van der Waals surface area contributed by atoms with E-state index >= 15 is 0 Å². The number of hydrogen-bond acceptors (Lipinski definition) is 6. The lowest BCUT2D eigenvalue weighted by Gasteiger charge is -2.13. The summed E-state index contributed by atoms with van der Waals surface area (Å²) in [6.07, 6.45) is -0.623. The van der Waals surface area contributed by atoms with E-state index < -0.39 is 11.0 Å². The maximum absolute atomic E-state index is 10.9. The van der Waals surface area contributed by atoms with E-state index in [0.717, 1.165) is 5.56 Å². The van der Waals surface area contributed by atoms with Gasteiger partial charge in [0.2, 0.25) is 0 Å². The molecule has 1 unspecified atom stereocenters. The highest BCUT2D eigenvalue weighted by molar-refractivity contribution is 7.07. The fraction of sp³-hybridized carbons (Fsp3) is 0.286. The summed E-state index contributed by atoms with van der Waals surface area (Å²) in [5, 5.41) is 27.7. The summed E-state index contributed by atoms with van der Waals surface area (Å²) < 4.78 is 5.28. The van der Waals surface area contributed by atoms with Gasteiger partial charge in [0.1, 0.15) is 0 Å². The van der Waals surface area contributed by atoms with E-state index in [1.807, 2.05) is 16.8 Å². The molecule has 7 heteroatoms. The Morgan fingerprint density at radius 2 is 2.29 bits per heavy atom. The molecular formula is C14H16N2O4S. The van der Waals surface area contributed by atoms with Crippen LogP contribution >= 0.6 is 11.3 Å². The van der Waals surface area contributed by atoms with Crippen molar-refractivity contribution >= 4 is 22.7 Å². The average molecular weight is 308 g/mol. The first-order chi connectivity index (χ1) is 10.1. The molecular weight excluding hydrogens is 292 g/mol. The molecule has 1 heterocycles. The van der Waals surface area contributed by atoms with Gasteiger partial charge < -0.3 is 15.2 Å². The van der Waals surface area contributed by atoms with Crippen molar-refractivity contribution in [1.29, 1.82) is 0 Å². The zero-order valence-electron chi connectivity index (χ0n) is 11.5. The quantitative estimate of drug-likeness (QED) is 0.606. The van der Waals surface area contributed by atoms with Crippen LogP contribution in [0.25, 0.3) is 0 Å². The number of thiophene rings is 1. The van der Waals surface area contributed by atoms with E-state index in [2.05, 4.69) is 5.32 Å². The van der Waals surface area contributed by atoms with Crippen molar-refractivity contribution in [3.8, 4) is 5.75 Å². The zero-order valence-corrected chi connectivity index (χ0v) is 12.3. The number of nitrogens with one attached hydrogen (secondary N) is 1. The molecule has 0 fully saturated rings. The van der Waals surface area contributed by atoms with Crippen LogP contribution in [0.15, 0.2) is 35.0 Å². The van der Waals surface area contributed by atoms with Gasteiger partial charge in [-0.15, -0.1) is 0 Å². The standard InChI is InChI=1S/C14H16N2O4S/c1-2-20-14-7-11(3-4-12(14)16(18)19)15-8-13(17)10-5-6-21-9-10/h3-7,9,13,15,17H,2,8H2,1H3. The van der Waals surface area contributed by atoms with Gasteiger partial charge in [-0.05, 0) is 35.4 Å². The summed E-state index contributed by atoms with van der Waals surface area (Å²) in [6, 6.07) is 6.42. The first-order valence-electron chi connectivity index (χ1n) is 6.47. The van der Waals surface area contributed by atoms with E-state index in [4.69, 9.17) is 4.74 Å². The molecule has 2 rings (SSSR count). The Balaban J connectivity index is 2.06. The molecule has 2 aromatic rings. The molecule has 0 saturated heterocycles. The van der Waals surface area contributed by atoms with Crippen LogP contribution in [0.3, 0.4) is 0 Å². The van der Waals surface area contributed by atoms with E-state index in [-0.39, 0.29) is 11.4 Å². The smallest absolute Gasteiger partial charge is 0.311 e. The van der Waals surface area contributed by atoms with Crippen molar-refractivity contribution in [2.75, 3.05) is 18.5 Å². The Bertz CT molecular complexity index is 601. The van der Waals surface area contributed by atoms with Crippen LogP contribution in [0.4, 0.5) is 11.4 Å². The number of benzene rings is 1. The maximum atomic E-state index is 10.9. The number of anilines is 1. The number of aliphatic hydroxyl groups excluding tert-OH is 1. The van der Waals surface area contributed by atoms with E-state index in [1.165, 1.54) is 17.4 Å². The Morgan fingerprint density at radius 1 is 1.48 bits per heavy atom. The Morgan fingerprint density at radius 3 is 2.90 bits per heavy atom. The van der Waals surface area contributed by atoms with Crippen molar-refractivity contribution in [1.82, 2.24) is 0 Å². The molecule has 0 bridgehead atoms. The van der Waals surface area contributed by atoms with Gasteiger partial charge in [0, 0.05) is 24.4 Å². The average Bonchev–Trinajstić information content (AvgIpc) is 2.99. The van der Waals surface area contributed by atoms with Crippen LogP contribution in [0.5, 0.6) is 5.75 Å². The van der Waals surface area contributed by atoms with Gasteiger partial charge in [-0.3, -0.25) is 10.1 Å². The molecule has 0 aliphatic carbocycles. The fourth-order valence-corrected chi connectivity index (χ4v) is 2.55. The summed E-state index contributed by atoms with van der Waals surface area (Å²) in [7, 11) is 0. The third-order valence-electron chi connectivity index (χ3n) is 2.88. The van der Waals surface area contributed by atoms with Crippen LogP contribution in [0.1, 0.15) is 18.6 Å². The van der Waals surface area contributed by atoms with Gasteiger partial charge in [0.25, 0.3) is 0 Å². The van der Waals surface area contributed by atoms with Crippen LogP contribution in [-0.4, -0.2) is 23.2 Å².